The Morgan fingerprint density at radius 1 is 1.14 bits per heavy atom. The van der Waals surface area contributed by atoms with Crippen LogP contribution in [0.25, 0.3) is 0 Å². The van der Waals surface area contributed by atoms with Gasteiger partial charge in [-0.15, -0.1) is 0 Å². The standard InChI is InChI=1S/C13H21ClN2O4S/c1-15-6-4-5-7-21(17,18)16-11-9-12(19-2)10(14)8-13(11)20-3/h8-9,15-16H,4-7H2,1-3H3. The summed E-state index contributed by atoms with van der Waals surface area (Å²) in [5.41, 5.74) is 0.312. The van der Waals surface area contributed by atoms with E-state index in [4.69, 9.17) is 21.1 Å². The van der Waals surface area contributed by atoms with Gasteiger partial charge in [-0.05, 0) is 26.4 Å². The minimum absolute atomic E-state index is 0.0444. The van der Waals surface area contributed by atoms with E-state index >= 15 is 0 Å². The Bertz CT molecular complexity index is 564. The van der Waals surface area contributed by atoms with E-state index in [1.54, 1.807) is 0 Å². The molecule has 0 aliphatic carbocycles. The third-order valence-electron chi connectivity index (χ3n) is 2.83. The van der Waals surface area contributed by atoms with Crippen molar-refractivity contribution in [3.05, 3.63) is 17.2 Å². The molecule has 0 amide bonds. The van der Waals surface area contributed by atoms with Gasteiger partial charge in [-0.25, -0.2) is 8.42 Å². The number of rotatable bonds is 9. The second-order valence-corrected chi connectivity index (χ2v) is 6.67. The molecule has 0 heterocycles. The lowest BCUT2D eigenvalue weighted by molar-refractivity contribution is 0.405. The maximum absolute atomic E-state index is 12.1. The molecule has 8 heteroatoms. The number of ether oxygens (including phenoxy) is 2. The van der Waals surface area contributed by atoms with Gasteiger partial charge >= 0.3 is 0 Å². The summed E-state index contributed by atoms with van der Waals surface area (Å²) in [6.07, 6.45) is 1.36. The molecule has 2 N–H and O–H groups in total. The molecule has 0 spiro atoms. The summed E-state index contributed by atoms with van der Waals surface area (Å²) >= 11 is 5.98. The highest BCUT2D eigenvalue weighted by Gasteiger charge is 2.16. The molecule has 1 aromatic rings. The van der Waals surface area contributed by atoms with Crippen LogP contribution in [0.5, 0.6) is 11.5 Å². The SMILES string of the molecule is CNCCCCS(=O)(=O)Nc1cc(OC)c(Cl)cc1OC. The number of anilines is 1. The van der Waals surface area contributed by atoms with Gasteiger partial charge in [0.1, 0.15) is 11.5 Å². The molecule has 0 saturated carbocycles. The van der Waals surface area contributed by atoms with E-state index in [0.717, 1.165) is 13.0 Å². The highest BCUT2D eigenvalue weighted by molar-refractivity contribution is 7.92. The largest absolute Gasteiger partial charge is 0.495 e. The third-order valence-corrected chi connectivity index (χ3v) is 4.48. The van der Waals surface area contributed by atoms with Crippen LogP contribution in [0.3, 0.4) is 0 Å². The van der Waals surface area contributed by atoms with Gasteiger partial charge < -0.3 is 14.8 Å². The van der Waals surface area contributed by atoms with Gasteiger partial charge in [-0.3, -0.25) is 4.72 Å². The number of halogens is 1. The predicted molar refractivity (Wildman–Crippen MR) is 85.1 cm³/mol. The Morgan fingerprint density at radius 2 is 1.81 bits per heavy atom. The van der Waals surface area contributed by atoms with Crippen molar-refractivity contribution < 1.29 is 17.9 Å². The molecule has 6 nitrogen and oxygen atoms in total. The molecule has 0 aromatic heterocycles. The molecule has 120 valence electrons. The molecular formula is C13H21ClN2O4S. The van der Waals surface area contributed by atoms with Crippen molar-refractivity contribution in [2.24, 2.45) is 0 Å². The minimum atomic E-state index is -3.44. The first-order valence-corrected chi connectivity index (χ1v) is 8.53. The Balaban J connectivity index is 2.85. The first-order valence-electron chi connectivity index (χ1n) is 6.50. The predicted octanol–water partition coefficient (Wildman–Crippen LogP) is 2.10. The van der Waals surface area contributed by atoms with E-state index in [9.17, 15) is 8.42 Å². The normalized spacial score (nSPS) is 11.2. The summed E-state index contributed by atoms with van der Waals surface area (Å²) in [6, 6.07) is 3.02. The maximum atomic E-state index is 12.1. The molecule has 21 heavy (non-hydrogen) atoms. The van der Waals surface area contributed by atoms with Crippen LogP contribution < -0.4 is 19.5 Å². The first kappa shape index (κ1) is 17.9. The molecule has 1 aromatic carbocycles. The van der Waals surface area contributed by atoms with E-state index in [1.807, 2.05) is 7.05 Å². The summed E-state index contributed by atoms with van der Waals surface area (Å²) in [4.78, 5) is 0. The summed E-state index contributed by atoms with van der Waals surface area (Å²) in [7, 11) is 1.30. The zero-order valence-corrected chi connectivity index (χ0v) is 14.0. The first-order chi connectivity index (χ1) is 9.93. The van der Waals surface area contributed by atoms with E-state index < -0.39 is 10.0 Å². The molecule has 0 radical (unpaired) electrons. The smallest absolute Gasteiger partial charge is 0.232 e. The molecule has 0 atom stereocenters. The van der Waals surface area contributed by atoms with Crippen LogP contribution >= 0.6 is 11.6 Å². The number of hydrogen-bond acceptors (Lipinski definition) is 5. The van der Waals surface area contributed by atoms with Crippen LogP contribution in [-0.2, 0) is 10.0 Å². The van der Waals surface area contributed by atoms with Gasteiger partial charge in [0.2, 0.25) is 10.0 Å². The van der Waals surface area contributed by atoms with Crippen molar-refractivity contribution in [1.29, 1.82) is 0 Å². The summed E-state index contributed by atoms with van der Waals surface area (Å²) in [5.74, 6) is 0.771. The molecular weight excluding hydrogens is 316 g/mol. The second kappa shape index (κ2) is 8.31. The van der Waals surface area contributed by atoms with Crippen molar-refractivity contribution in [3.63, 3.8) is 0 Å². The van der Waals surface area contributed by atoms with Gasteiger partial charge in [-0.2, -0.15) is 0 Å². The fraction of sp³-hybridized carbons (Fsp3) is 0.538. The van der Waals surface area contributed by atoms with Gasteiger partial charge in [0.05, 0.1) is 30.7 Å². The monoisotopic (exact) mass is 336 g/mol. The van der Waals surface area contributed by atoms with Crippen LogP contribution in [-0.4, -0.2) is 42.0 Å². The summed E-state index contributed by atoms with van der Waals surface area (Å²) in [5, 5.41) is 3.33. The van der Waals surface area contributed by atoms with E-state index in [1.165, 1.54) is 26.4 Å². The third kappa shape index (κ3) is 5.61. The lowest BCUT2D eigenvalue weighted by Gasteiger charge is -2.14. The molecule has 1 rings (SSSR count). The van der Waals surface area contributed by atoms with Crippen LogP contribution in [0, 0.1) is 0 Å². The zero-order chi connectivity index (χ0) is 15.9. The fourth-order valence-corrected chi connectivity index (χ4v) is 3.16. The van der Waals surface area contributed by atoms with Gasteiger partial charge in [0.15, 0.2) is 0 Å². The van der Waals surface area contributed by atoms with Crippen molar-refractivity contribution in [2.45, 2.75) is 12.8 Å². The van der Waals surface area contributed by atoms with Crippen LogP contribution in [0.1, 0.15) is 12.8 Å². The van der Waals surface area contributed by atoms with Gasteiger partial charge in [-0.1, -0.05) is 11.6 Å². The quantitative estimate of drug-likeness (QED) is 0.675. The Morgan fingerprint density at radius 3 is 2.38 bits per heavy atom. The topological polar surface area (TPSA) is 76.7 Å². The second-order valence-electron chi connectivity index (χ2n) is 4.42. The Kier molecular flexibility index (Phi) is 7.07. The Hall–Kier alpha value is -1.18. The average molecular weight is 337 g/mol. The van der Waals surface area contributed by atoms with Crippen LogP contribution in [0.15, 0.2) is 12.1 Å². The molecule has 0 bridgehead atoms. The summed E-state index contributed by atoms with van der Waals surface area (Å²) in [6.45, 7) is 0.785. The minimum Gasteiger partial charge on any atom is -0.495 e. The summed E-state index contributed by atoms with van der Waals surface area (Å²) < 4.78 is 36.8. The van der Waals surface area contributed by atoms with E-state index in [2.05, 4.69) is 10.0 Å². The lowest BCUT2D eigenvalue weighted by Crippen LogP contribution is -2.18. The number of benzene rings is 1. The number of unbranched alkanes of at least 4 members (excludes halogenated alkanes) is 1. The zero-order valence-electron chi connectivity index (χ0n) is 12.4. The van der Waals surface area contributed by atoms with Gasteiger partial charge in [0.25, 0.3) is 0 Å². The van der Waals surface area contributed by atoms with Crippen molar-refractivity contribution >= 4 is 27.3 Å². The molecule has 0 aliphatic heterocycles. The van der Waals surface area contributed by atoms with E-state index in [0.29, 0.717) is 28.6 Å². The van der Waals surface area contributed by atoms with Gasteiger partial charge in [0, 0.05) is 12.1 Å². The highest BCUT2D eigenvalue weighted by Crippen LogP contribution is 2.36. The maximum Gasteiger partial charge on any atom is 0.232 e. The number of methoxy groups -OCH3 is 2. The van der Waals surface area contributed by atoms with Crippen LogP contribution in [0.2, 0.25) is 5.02 Å². The number of nitrogens with one attached hydrogen (secondary N) is 2. The molecule has 0 fully saturated rings. The van der Waals surface area contributed by atoms with Crippen molar-refractivity contribution in [1.82, 2.24) is 5.32 Å². The van der Waals surface area contributed by atoms with Crippen molar-refractivity contribution in [3.8, 4) is 11.5 Å². The average Bonchev–Trinajstić information content (AvgIpc) is 2.44. The molecule has 0 unspecified atom stereocenters. The highest BCUT2D eigenvalue weighted by atomic mass is 35.5. The Labute approximate surface area is 130 Å². The molecule has 0 aliphatic rings. The van der Waals surface area contributed by atoms with Crippen LogP contribution in [0.4, 0.5) is 5.69 Å². The number of sulfonamides is 1. The van der Waals surface area contributed by atoms with Crippen molar-refractivity contribution in [2.75, 3.05) is 38.3 Å². The van der Waals surface area contributed by atoms with E-state index in [-0.39, 0.29) is 5.75 Å². The number of hydrogen-bond donors (Lipinski definition) is 2. The molecule has 0 saturated heterocycles. The fourth-order valence-electron chi connectivity index (χ4n) is 1.75. The lowest BCUT2D eigenvalue weighted by atomic mass is 10.3.